The zero-order valence-corrected chi connectivity index (χ0v) is 15.1. The minimum atomic E-state index is 0.445. The third-order valence-corrected chi connectivity index (χ3v) is 5.79. The van der Waals surface area contributed by atoms with Crippen LogP contribution in [0, 0.1) is 0 Å². The van der Waals surface area contributed by atoms with Crippen molar-refractivity contribution in [3.63, 3.8) is 0 Å². The lowest BCUT2D eigenvalue weighted by molar-refractivity contribution is 0.238. The van der Waals surface area contributed by atoms with Gasteiger partial charge >= 0.3 is 0 Å². The highest BCUT2D eigenvalue weighted by Crippen LogP contribution is 2.27. The Morgan fingerprint density at radius 2 is 1.96 bits per heavy atom. The van der Waals surface area contributed by atoms with Crippen LogP contribution in [-0.4, -0.2) is 34.7 Å². The Hall–Kier alpha value is -1.95. The molecule has 4 rings (SSSR count). The fraction of sp³-hybridized carbons (Fsp3) is 0.350. The van der Waals surface area contributed by atoms with Gasteiger partial charge < -0.3 is 5.32 Å². The van der Waals surface area contributed by atoms with Crippen molar-refractivity contribution in [2.45, 2.75) is 25.4 Å². The van der Waals surface area contributed by atoms with Gasteiger partial charge in [-0.15, -0.1) is 11.3 Å². The molecule has 0 amide bonds. The molecule has 3 heterocycles. The standard InChI is InChI=1S/C20H24N4S/c1-2-7-16(8-3-1)18(24-10-4-5-11-24)15-21-13-17-14-22-23-20(17)19-9-6-12-25-19/h1-3,6-9,12,14,18,21H,4-5,10-11,13,15H2,(H,22,23). The summed E-state index contributed by atoms with van der Waals surface area (Å²) in [4.78, 5) is 3.85. The monoisotopic (exact) mass is 352 g/mol. The average Bonchev–Trinajstić information content (AvgIpc) is 3.41. The molecule has 130 valence electrons. The van der Waals surface area contributed by atoms with E-state index in [4.69, 9.17) is 0 Å². The highest BCUT2D eigenvalue weighted by atomic mass is 32.1. The number of nitrogens with zero attached hydrogens (tertiary/aromatic N) is 2. The molecule has 3 aromatic rings. The van der Waals surface area contributed by atoms with Gasteiger partial charge in [0.15, 0.2) is 0 Å². The van der Waals surface area contributed by atoms with Crippen LogP contribution in [0.15, 0.2) is 54.0 Å². The third kappa shape index (κ3) is 3.84. The molecule has 0 spiro atoms. The molecule has 1 fully saturated rings. The molecule has 1 aromatic carbocycles. The average molecular weight is 353 g/mol. The number of nitrogens with one attached hydrogen (secondary N) is 2. The topological polar surface area (TPSA) is 44.0 Å². The van der Waals surface area contributed by atoms with Gasteiger partial charge in [-0.3, -0.25) is 10.00 Å². The van der Waals surface area contributed by atoms with Crippen molar-refractivity contribution < 1.29 is 0 Å². The van der Waals surface area contributed by atoms with Crippen LogP contribution in [0.1, 0.15) is 30.0 Å². The molecule has 4 nitrogen and oxygen atoms in total. The summed E-state index contributed by atoms with van der Waals surface area (Å²) >= 11 is 1.74. The minimum absolute atomic E-state index is 0.445. The van der Waals surface area contributed by atoms with Gasteiger partial charge in [-0.1, -0.05) is 36.4 Å². The SMILES string of the molecule is c1ccc(C(CNCc2cn[nH]c2-c2cccs2)N2CCCC2)cc1. The first-order valence-electron chi connectivity index (χ1n) is 8.97. The van der Waals surface area contributed by atoms with Gasteiger partial charge in [0, 0.05) is 24.7 Å². The molecular formula is C20H24N4S. The number of thiophene rings is 1. The minimum Gasteiger partial charge on any atom is -0.311 e. The van der Waals surface area contributed by atoms with Gasteiger partial charge in [-0.2, -0.15) is 5.10 Å². The second-order valence-electron chi connectivity index (χ2n) is 6.55. The molecule has 0 saturated carbocycles. The highest BCUT2D eigenvalue weighted by Gasteiger charge is 2.23. The Kier molecular flexibility index (Phi) is 5.25. The third-order valence-electron chi connectivity index (χ3n) is 4.90. The van der Waals surface area contributed by atoms with Gasteiger partial charge in [-0.05, 0) is 42.9 Å². The Morgan fingerprint density at radius 1 is 1.12 bits per heavy atom. The molecule has 1 aliphatic rings. The molecule has 1 unspecified atom stereocenters. The van der Waals surface area contributed by atoms with Gasteiger partial charge in [-0.25, -0.2) is 0 Å². The van der Waals surface area contributed by atoms with E-state index in [1.165, 1.54) is 41.9 Å². The predicted octanol–water partition coefficient (Wildman–Crippen LogP) is 4.06. The first-order valence-corrected chi connectivity index (χ1v) is 9.85. The normalized spacial score (nSPS) is 16.3. The van der Waals surface area contributed by atoms with E-state index in [0.29, 0.717) is 6.04 Å². The van der Waals surface area contributed by atoms with E-state index in [0.717, 1.165) is 18.8 Å². The summed E-state index contributed by atoms with van der Waals surface area (Å²) in [7, 11) is 0. The zero-order chi connectivity index (χ0) is 16.9. The van der Waals surface area contributed by atoms with Crippen molar-refractivity contribution >= 4 is 11.3 Å². The first-order chi connectivity index (χ1) is 12.4. The first kappa shape index (κ1) is 16.5. The van der Waals surface area contributed by atoms with Crippen LogP contribution < -0.4 is 5.32 Å². The summed E-state index contributed by atoms with van der Waals surface area (Å²) in [6, 6.07) is 15.5. The molecule has 1 atom stereocenters. The number of hydrogen-bond acceptors (Lipinski definition) is 4. The smallest absolute Gasteiger partial charge is 0.0794 e. The van der Waals surface area contributed by atoms with Crippen LogP contribution in [0.3, 0.4) is 0 Å². The zero-order valence-electron chi connectivity index (χ0n) is 14.3. The van der Waals surface area contributed by atoms with Crippen molar-refractivity contribution in [1.29, 1.82) is 0 Å². The van der Waals surface area contributed by atoms with Crippen molar-refractivity contribution in [1.82, 2.24) is 20.4 Å². The lowest BCUT2D eigenvalue weighted by Crippen LogP contribution is -2.34. The maximum absolute atomic E-state index is 4.24. The molecule has 2 aromatic heterocycles. The molecule has 0 bridgehead atoms. The van der Waals surface area contributed by atoms with Crippen molar-refractivity contribution in [2.75, 3.05) is 19.6 Å². The summed E-state index contributed by atoms with van der Waals surface area (Å²) in [6.45, 7) is 4.20. The van der Waals surface area contributed by atoms with Crippen LogP contribution in [0.4, 0.5) is 0 Å². The van der Waals surface area contributed by atoms with Crippen LogP contribution >= 0.6 is 11.3 Å². The Morgan fingerprint density at radius 3 is 2.72 bits per heavy atom. The Balaban J connectivity index is 1.43. The summed E-state index contributed by atoms with van der Waals surface area (Å²) in [6.07, 6.45) is 4.57. The number of benzene rings is 1. The number of aromatic amines is 1. The van der Waals surface area contributed by atoms with Gasteiger partial charge in [0.1, 0.15) is 0 Å². The lowest BCUT2D eigenvalue weighted by Gasteiger charge is -2.28. The van der Waals surface area contributed by atoms with Gasteiger partial charge in [0.25, 0.3) is 0 Å². The second-order valence-corrected chi connectivity index (χ2v) is 7.50. The molecule has 0 radical (unpaired) electrons. The molecule has 1 aliphatic heterocycles. The van der Waals surface area contributed by atoms with E-state index in [1.807, 2.05) is 6.20 Å². The number of aromatic nitrogens is 2. The van der Waals surface area contributed by atoms with Crippen LogP contribution in [-0.2, 0) is 6.54 Å². The molecule has 25 heavy (non-hydrogen) atoms. The van der Waals surface area contributed by atoms with E-state index < -0.39 is 0 Å². The van der Waals surface area contributed by atoms with Crippen molar-refractivity contribution in [3.05, 3.63) is 65.2 Å². The van der Waals surface area contributed by atoms with E-state index in [2.05, 4.69) is 68.3 Å². The highest BCUT2D eigenvalue weighted by molar-refractivity contribution is 7.13. The quantitative estimate of drug-likeness (QED) is 0.674. The predicted molar refractivity (Wildman–Crippen MR) is 104 cm³/mol. The number of likely N-dealkylation sites (tertiary alicyclic amines) is 1. The lowest BCUT2D eigenvalue weighted by atomic mass is 10.1. The van der Waals surface area contributed by atoms with Crippen molar-refractivity contribution in [3.8, 4) is 10.6 Å². The van der Waals surface area contributed by atoms with Crippen LogP contribution in [0.2, 0.25) is 0 Å². The van der Waals surface area contributed by atoms with Gasteiger partial charge in [0.2, 0.25) is 0 Å². The summed E-state index contributed by atoms with van der Waals surface area (Å²) < 4.78 is 0. The van der Waals surface area contributed by atoms with E-state index in [1.54, 1.807) is 11.3 Å². The maximum Gasteiger partial charge on any atom is 0.0794 e. The number of hydrogen-bond donors (Lipinski definition) is 2. The second kappa shape index (κ2) is 7.95. The molecular weight excluding hydrogens is 328 g/mol. The van der Waals surface area contributed by atoms with Crippen molar-refractivity contribution in [2.24, 2.45) is 0 Å². The van der Waals surface area contributed by atoms with Gasteiger partial charge in [0.05, 0.1) is 16.8 Å². The molecule has 0 aliphatic carbocycles. The molecule has 2 N–H and O–H groups in total. The number of H-pyrrole nitrogens is 1. The number of rotatable bonds is 7. The fourth-order valence-electron chi connectivity index (χ4n) is 3.61. The van der Waals surface area contributed by atoms with E-state index >= 15 is 0 Å². The summed E-state index contributed by atoms with van der Waals surface area (Å²) in [5.41, 5.74) is 3.78. The van der Waals surface area contributed by atoms with E-state index in [-0.39, 0.29) is 0 Å². The Bertz CT molecular complexity index is 760. The molecule has 1 saturated heterocycles. The van der Waals surface area contributed by atoms with Crippen LogP contribution in [0.5, 0.6) is 0 Å². The fourth-order valence-corrected chi connectivity index (χ4v) is 4.36. The Labute approximate surface area is 152 Å². The summed E-state index contributed by atoms with van der Waals surface area (Å²) in [5.74, 6) is 0. The molecule has 5 heteroatoms. The largest absolute Gasteiger partial charge is 0.311 e. The summed E-state index contributed by atoms with van der Waals surface area (Å²) in [5, 5.41) is 13.2. The van der Waals surface area contributed by atoms with E-state index in [9.17, 15) is 0 Å². The van der Waals surface area contributed by atoms with Crippen LogP contribution in [0.25, 0.3) is 10.6 Å². The maximum atomic E-state index is 4.24.